The van der Waals surface area contributed by atoms with Gasteiger partial charge in [-0.15, -0.1) is 12.4 Å². The third-order valence-corrected chi connectivity index (χ3v) is 3.34. The van der Waals surface area contributed by atoms with E-state index in [1.807, 2.05) is 0 Å². The van der Waals surface area contributed by atoms with E-state index in [-0.39, 0.29) is 36.3 Å². The molecule has 0 spiro atoms. The van der Waals surface area contributed by atoms with Crippen molar-refractivity contribution >= 4 is 30.0 Å². The summed E-state index contributed by atoms with van der Waals surface area (Å²) in [5.74, 6) is -0.215. The maximum Gasteiger partial charge on any atom is 0.340 e. The topological polar surface area (TPSA) is 85.9 Å². The van der Waals surface area contributed by atoms with Crippen molar-refractivity contribution in [2.24, 2.45) is 0 Å². The number of benzene rings is 1. The van der Waals surface area contributed by atoms with E-state index in [0.29, 0.717) is 24.7 Å². The number of hydrogen-bond donors (Lipinski definition) is 2. The van der Waals surface area contributed by atoms with Gasteiger partial charge in [0.05, 0.1) is 38.7 Å². The summed E-state index contributed by atoms with van der Waals surface area (Å²) in [6, 6.07) is 4.80. The predicted molar refractivity (Wildman–Crippen MR) is 87.4 cm³/mol. The van der Waals surface area contributed by atoms with Gasteiger partial charge in [-0.1, -0.05) is 0 Å². The van der Waals surface area contributed by atoms with Crippen LogP contribution in [0.15, 0.2) is 18.2 Å². The van der Waals surface area contributed by atoms with Crippen LogP contribution < -0.4 is 15.4 Å². The Hall–Kier alpha value is -1.83. The van der Waals surface area contributed by atoms with Crippen molar-refractivity contribution < 1.29 is 23.8 Å². The van der Waals surface area contributed by atoms with Gasteiger partial charge in [-0.3, -0.25) is 4.79 Å². The highest BCUT2D eigenvalue weighted by Crippen LogP contribution is 2.23. The van der Waals surface area contributed by atoms with Crippen LogP contribution in [0.3, 0.4) is 0 Å². The molecule has 7 nitrogen and oxygen atoms in total. The first kappa shape index (κ1) is 19.2. The number of morpholine rings is 1. The molecule has 0 radical (unpaired) electrons. The minimum atomic E-state index is -0.534. The van der Waals surface area contributed by atoms with Crippen LogP contribution in [0.4, 0.5) is 5.69 Å². The van der Waals surface area contributed by atoms with Crippen molar-refractivity contribution in [3.8, 4) is 5.75 Å². The first-order valence-corrected chi connectivity index (χ1v) is 7.01. The molecule has 23 heavy (non-hydrogen) atoms. The van der Waals surface area contributed by atoms with Crippen molar-refractivity contribution in [2.75, 3.05) is 39.3 Å². The molecule has 1 heterocycles. The van der Waals surface area contributed by atoms with Gasteiger partial charge in [0.2, 0.25) is 5.91 Å². The molecule has 1 amide bonds. The van der Waals surface area contributed by atoms with Crippen LogP contribution in [-0.4, -0.2) is 51.9 Å². The van der Waals surface area contributed by atoms with Gasteiger partial charge in [-0.25, -0.2) is 4.79 Å². The van der Waals surface area contributed by atoms with Crippen LogP contribution in [-0.2, 0) is 14.3 Å². The number of carbonyl (C=O) groups is 2. The number of halogens is 1. The van der Waals surface area contributed by atoms with Crippen LogP contribution in [0, 0.1) is 0 Å². The Labute approximate surface area is 141 Å². The zero-order valence-electron chi connectivity index (χ0n) is 13.1. The molecule has 1 aromatic carbocycles. The molecule has 8 heteroatoms. The Morgan fingerprint density at radius 2 is 2.17 bits per heavy atom. The molecule has 1 aliphatic rings. The average molecular weight is 345 g/mol. The molecular formula is C15H21ClN2O5. The summed E-state index contributed by atoms with van der Waals surface area (Å²) in [6.45, 7) is 1.89. The fourth-order valence-corrected chi connectivity index (χ4v) is 2.21. The van der Waals surface area contributed by atoms with Gasteiger partial charge in [0, 0.05) is 19.0 Å². The van der Waals surface area contributed by atoms with E-state index in [0.717, 1.165) is 6.54 Å². The van der Waals surface area contributed by atoms with Gasteiger partial charge >= 0.3 is 5.97 Å². The Morgan fingerprint density at radius 1 is 1.39 bits per heavy atom. The fraction of sp³-hybridized carbons (Fsp3) is 0.467. The first-order chi connectivity index (χ1) is 10.6. The van der Waals surface area contributed by atoms with Crippen molar-refractivity contribution in [2.45, 2.75) is 12.5 Å². The summed E-state index contributed by atoms with van der Waals surface area (Å²) in [5.41, 5.74) is 0.650. The molecule has 0 saturated carbocycles. The van der Waals surface area contributed by atoms with Gasteiger partial charge in [0.1, 0.15) is 5.75 Å². The Kier molecular flexibility index (Phi) is 7.80. The SMILES string of the molecule is COC(=O)c1cc(OC)ccc1NC(=O)CC1COCCN1.Cl. The number of esters is 1. The quantitative estimate of drug-likeness (QED) is 0.781. The van der Waals surface area contributed by atoms with Crippen molar-refractivity contribution in [3.63, 3.8) is 0 Å². The molecule has 0 aromatic heterocycles. The minimum Gasteiger partial charge on any atom is -0.497 e. The van der Waals surface area contributed by atoms with Crippen LogP contribution >= 0.6 is 12.4 Å². The van der Waals surface area contributed by atoms with Gasteiger partial charge in [-0.05, 0) is 18.2 Å². The third kappa shape index (κ3) is 5.38. The van der Waals surface area contributed by atoms with E-state index in [1.165, 1.54) is 20.3 Å². The zero-order valence-corrected chi connectivity index (χ0v) is 13.9. The highest BCUT2D eigenvalue weighted by Gasteiger charge is 2.19. The molecule has 1 unspecified atom stereocenters. The second-order valence-electron chi connectivity index (χ2n) is 4.88. The second-order valence-corrected chi connectivity index (χ2v) is 4.88. The van der Waals surface area contributed by atoms with E-state index in [4.69, 9.17) is 14.2 Å². The summed E-state index contributed by atoms with van der Waals surface area (Å²) < 4.78 is 15.1. The number of methoxy groups -OCH3 is 2. The molecule has 0 aliphatic carbocycles. The lowest BCUT2D eigenvalue weighted by Gasteiger charge is -2.23. The van der Waals surface area contributed by atoms with E-state index >= 15 is 0 Å². The summed E-state index contributed by atoms with van der Waals surface area (Å²) in [7, 11) is 2.79. The predicted octanol–water partition coefficient (Wildman–Crippen LogP) is 1.22. The zero-order chi connectivity index (χ0) is 15.9. The van der Waals surface area contributed by atoms with Gasteiger partial charge in [-0.2, -0.15) is 0 Å². The van der Waals surface area contributed by atoms with Crippen LogP contribution in [0.5, 0.6) is 5.75 Å². The largest absolute Gasteiger partial charge is 0.497 e. The Morgan fingerprint density at radius 3 is 2.78 bits per heavy atom. The summed E-state index contributed by atoms with van der Waals surface area (Å²) in [6.07, 6.45) is 0.270. The molecule has 1 aromatic rings. The van der Waals surface area contributed by atoms with Crippen molar-refractivity contribution in [1.82, 2.24) is 5.32 Å². The standard InChI is InChI=1S/C15H20N2O5.ClH/c1-20-11-3-4-13(12(8-11)15(19)21-2)17-14(18)7-10-9-22-6-5-16-10;/h3-4,8,10,16H,5-7,9H2,1-2H3,(H,17,18);1H. The van der Waals surface area contributed by atoms with Crippen LogP contribution in [0.1, 0.15) is 16.8 Å². The molecule has 1 saturated heterocycles. The van der Waals surface area contributed by atoms with Gasteiger partial charge in [0.25, 0.3) is 0 Å². The monoisotopic (exact) mass is 344 g/mol. The van der Waals surface area contributed by atoms with E-state index < -0.39 is 5.97 Å². The Balaban J connectivity index is 0.00000264. The van der Waals surface area contributed by atoms with E-state index in [2.05, 4.69) is 10.6 Å². The van der Waals surface area contributed by atoms with Crippen LogP contribution in [0.2, 0.25) is 0 Å². The summed E-state index contributed by atoms with van der Waals surface area (Å²) >= 11 is 0. The molecule has 1 fully saturated rings. The van der Waals surface area contributed by atoms with Crippen molar-refractivity contribution in [1.29, 1.82) is 0 Å². The smallest absolute Gasteiger partial charge is 0.340 e. The maximum atomic E-state index is 12.1. The second kappa shape index (κ2) is 9.34. The number of carbonyl (C=O) groups excluding carboxylic acids is 2. The number of rotatable bonds is 5. The molecule has 2 rings (SSSR count). The average Bonchev–Trinajstić information content (AvgIpc) is 2.55. The number of hydrogen-bond acceptors (Lipinski definition) is 6. The van der Waals surface area contributed by atoms with Crippen molar-refractivity contribution in [3.05, 3.63) is 23.8 Å². The highest BCUT2D eigenvalue weighted by atomic mass is 35.5. The molecule has 0 bridgehead atoms. The fourth-order valence-electron chi connectivity index (χ4n) is 2.21. The van der Waals surface area contributed by atoms with E-state index in [9.17, 15) is 9.59 Å². The molecule has 128 valence electrons. The highest BCUT2D eigenvalue weighted by molar-refractivity contribution is 6.01. The van der Waals surface area contributed by atoms with Gasteiger partial charge < -0.3 is 24.8 Å². The molecule has 1 atom stereocenters. The normalized spacial score (nSPS) is 16.9. The van der Waals surface area contributed by atoms with E-state index in [1.54, 1.807) is 12.1 Å². The molecular weight excluding hydrogens is 324 g/mol. The molecule has 2 N–H and O–H groups in total. The Bertz CT molecular complexity index is 547. The summed E-state index contributed by atoms with van der Waals surface area (Å²) in [4.78, 5) is 23.9. The maximum absolute atomic E-state index is 12.1. The van der Waals surface area contributed by atoms with Crippen LogP contribution in [0.25, 0.3) is 0 Å². The number of amides is 1. The number of anilines is 1. The third-order valence-electron chi connectivity index (χ3n) is 3.34. The lowest BCUT2D eigenvalue weighted by molar-refractivity contribution is -0.117. The summed E-state index contributed by atoms with van der Waals surface area (Å²) in [5, 5.41) is 5.94. The first-order valence-electron chi connectivity index (χ1n) is 7.01. The number of nitrogens with one attached hydrogen (secondary N) is 2. The van der Waals surface area contributed by atoms with Gasteiger partial charge in [0.15, 0.2) is 0 Å². The minimum absolute atomic E-state index is 0. The lowest BCUT2D eigenvalue weighted by Crippen LogP contribution is -2.43. The number of ether oxygens (including phenoxy) is 3. The lowest BCUT2D eigenvalue weighted by atomic mass is 10.1. The molecule has 1 aliphatic heterocycles.